The summed E-state index contributed by atoms with van der Waals surface area (Å²) < 4.78 is 23.3. The fourth-order valence-corrected chi connectivity index (χ4v) is 6.27. The number of hydrogen-bond acceptors (Lipinski definition) is 3. The van der Waals surface area contributed by atoms with Crippen molar-refractivity contribution >= 4 is 32.7 Å². The van der Waals surface area contributed by atoms with Crippen LogP contribution in [0.5, 0.6) is 0 Å². The van der Waals surface area contributed by atoms with Gasteiger partial charge >= 0.3 is 0 Å². The minimum absolute atomic E-state index is 0. The van der Waals surface area contributed by atoms with Crippen molar-refractivity contribution in [3.8, 4) is 22.5 Å². The first-order chi connectivity index (χ1) is 24.4. The van der Waals surface area contributed by atoms with E-state index in [-0.39, 0.29) is 25.5 Å². The van der Waals surface area contributed by atoms with Crippen molar-refractivity contribution in [2.24, 2.45) is 5.41 Å². The van der Waals surface area contributed by atoms with Gasteiger partial charge in [-0.15, -0.1) is 59.7 Å². The van der Waals surface area contributed by atoms with Crippen molar-refractivity contribution in [2.45, 2.75) is 46.4 Å². The van der Waals surface area contributed by atoms with Gasteiger partial charge in [0.1, 0.15) is 5.58 Å². The van der Waals surface area contributed by atoms with E-state index >= 15 is 0 Å². The van der Waals surface area contributed by atoms with Crippen LogP contribution in [0.25, 0.3) is 55.2 Å². The smallest absolute Gasteiger partial charge is 0.121 e. The van der Waals surface area contributed by atoms with Crippen LogP contribution >= 0.6 is 0 Å². The molecule has 3 aromatic heterocycles. The van der Waals surface area contributed by atoms with E-state index in [9.17, 15) is 0 Å². The van der Waals surface area contributed by atoms with Crippen molar-refractivity contribution in [3.05, 3.63) is 169 Å². The molecule has 0 bridgehead atoms. The van der Waals surface area contributed by atoms with Crippen molar-refractivity contribution < 1.29 is 27.3 Å². The number of furan rings is 1. The number of fused-ring (bicyclic) bond motifs is 5. The predicted molar refractivity (Wildman–Crippen MR) is 204 cm³/mol. The molecule has 0 unspecified atom stereocenters. The van der Waals surface area contributed by atoms with Crippen LogP contribution in [0.1, 0.15) is 54.1 Å². The summed E-state index contributed by atoms with van der Waals surface area (Å²) in [7, 11) is 0. The van der Waals surface area contributed by atoms with Gasteiger partial charge in [0.15, 0.2) is 0 Å². The Bertz CT molecular complexity index is 2470. The Balaban J connectivity index is 0.000000186. The van der Waals surface area contributed by atoms with Gasteiger partial charge in [-0.2, -0.15) is 0 Å². The first kappa shape index (κ1) is 32.3. The minimum Gasteiger partial charge on any atom is -0.500 e. The molecule has 0 atom stereocenters. The van der Waals surface area contributed by atoms with Crippen LogP contribution in [0.4, 0.5) is 0 Å². The SMILES string of the molecule is CC(C)(c1ccccc1)c1ccnc(-c2[c-]cccc2)c1.[2H]C([2H])(c1ccnc(-c2[c-]cc3oc4ccc5ccccc5c4c3c2)c1)C(C)(C)C.[Ir]. The summed E-state index contributed by atoms with van der Waals surface area (Å²) in [6, 6.07) is 49.2. The average molecular weight is 831 g/mol. The second kappa shape index (κ2) is 14.5. The van der Waals surface area contributed by atoms with Gasteiger partial charge < -0.3 is 14.4 Å². The topological polar surface area (TPSA) is 38.9 Å². The van der Waals surface area contributed by atoms with Crippen LogP contribution in [-0.2, 0) is 31.9 Å². The van der Waals surface area contributed by atoms with E-state index in [0.717, 1.165) is 44.1 Å². The molecular formula is C46H40IrN2O-2. The molecule has 0 saturated heterocycles. The van der Waals surface area contributed by atoms with E-state index < -0.39 is 11.8 Å². The van der Waals surface area contributed by atoms with Crippen LogP contribution in [0.3, 0.4) is 0 Å². The second-order valence-corrected chi connectivity index (χ2v) is 13.9. The molecule has 8 aromatic rings. The molecule has 4 heteroatoms. The first-order valence-electron chi connectivity index (χ1n) is 17.7. The normalized spacial score (nSPS) is 12.5. The Morgan fingerprint density at radius 3 is 2.12 bits per heavy atom. The maximum Gasteiger partial charge on any atom is 0.121 e. The number of hydrogen-bond donors (Lipinski definition) is 0. The van der Waals surface area contributed by atoms with Crippen LogP contribution in [0.2, 0.25) is 0 Å². The molecule has 1 radical (unpaired) electrons. The molecule has 0 aliphatic carbocycles. The van der Waals surface area contributed by atoms with Crippen LogP contribution in [0, 0.1) is 17.5 Å². The Morgan fingerprint density at radius 2 is 1.36 bits per heavy atom. The zero-order valence-corrected chi connectivity index (χ0v) is 31.3. The van der Waals surface area contributed by atoms with Gasteiger partial charge in [-0.1, -0.05) is 118 Å². The number of nitrogens with zero attached hydrogens (tertiary/aromatic N) is 2. The molecular weight excluding hydrogens is 789 g/mol. The van der Waals surface area contributed by atoms with Gasteiger partial charge in [-0.3, -0.25) is 0 Å². The van der Waals surface area contributed by atoms with Gasteiger partial charge in [-0.25, -0.2) is 0 Å². The summed E-state index contributed by atoms with van der Waals surface area (Å²) in [6.45, 7) is 10.2. The maximum absolute atomic E-state index is 8.60. The van der Waals surface area contributed by atoms with E-state index in [4.69, 9.17) is 7.16 Å². The van der Waals surface area contributed by atoms with Crippen LogP contribution < -0.4 is 0 Å². The maximum atomic E-state index is 8.60. The van der Waals surface area contributed by atoms with Crippen molar-refractivity contribution in [3.63, 3.8) is 0 Å². The molecule has 3 heterocycles. The summed E-state index contributed by atoms with van der Waals surface area (Å²) in [6.07, 6.45) is 2.08. The summed E-state index contributed by atoms with van der Waals surface area (Å²) in [4.78, 5) is 9.00. The zero-order chi connectivity index (χ0) is 35.8. The second-order valence-electron chi connectivity index (χ2n) is 13.9. The molecule has 0 fully saturated rings. The molecule has 0 aliphatic heterocycles. The number of rotatable bonds is 5. The van der Waals surface area contributed by atoms with E-state index in [1.165, 1.54) is 16.5 Å². The predicted octanol–water partition coefficient (Wildman–Crippen LogP) is 12.1. The van der Waals surface area contributed by atoms with Gasteiger partial charge in [0.25, 0.3) is 0 Å². The van der Waals surface area contributed by atoms with Gasteiger partial charge in [-0.05, 0) is 63.3 Å². The fourth-order valence-electron chi connectivity index (χ4n) is 6.27. The Hall–Kier alpha value is -4.89. The van der Waals surface area contributed by atoms with Gasteiger partial charge in [0.05, 0.1) is 5.58 Å². The standard InChI is InChI=1S/C26H22NO.C20H18N.Ir/c1-26(2,3)16-17-12-13-27-22(14-17)19-9-10-23-21(15-19)25-20-7-5-4-6-18(20)8-11-24(25)28-23;1-20(2,17-11-7-4-8-12-17)18-13-14-21-19(15-18)16-9-5-3-6-10-16;/h4-8,10-15H,16H2,1-3H3;3-9,11-15H,1-2H3;/q2*-1;/i16D2;;. The first-order valence-corrected chi connectivity index (χ1v) is 16.7. The summed E-state index contributed by atoms with van der Waals surface area (Å²) in [5.74, 6) is 0. The van der Waals surface area contributed by atoms with E-state index in [2.05, 4.69) is 96.6 Å². The molecule has 0 saturated carbocycles. The van der Waals surface area contributed by atoms with E-state index in [1.807, 2.05) is 87.6 Å². The third-order valence-electron chi connectivity index (χ3n) is 8.81. The Labute approximate surface area is 311 Å². The third-order valence-corrected chi connectivity index (χ3v) is 8.81. The third kappa shape index (κ3) is 7.48. The average Bonchev–Trinajstić information content (AvgIpc) is 3.54. The fraction of sp³-hybridized carbons (Fsp3) is 0.174. The molecule has 3 nitrogen and oxygen atoms in total. The van der Waals surface area contributed by atoms with Crippen molar-refractivity contribution in [1.29, 1.82) is 0 Å². The zero-order valence-electron chi connectivity index (χ0n) is 30.9. The summed E-state index contributed by atoms with van der Waals surface area (Å²) in [5, 5.41) is 4.42. The van der Waals surface area contributed by atoms with Crippen LogP contribution in [0.15, 0.2) is 144 Å². The van der Waals surface area contributed by atoms with Crippen molar-refractivity contribution in [1.82, 2.24) is 9.97 Å². The summed E-state index contributed by atoms with van der Waals surface area (Å²) in [5.41, 5.74) is 7.77. The largest absolute Gasteiger partial charge is 0.500 e. The number of pyridine rings is 2. The molecule has 50 heavy (non-hydrogen) atoms. The Morgan fingerprint density at radius 1 is 0.640 bits per heavy atom. The van der Waals surface area contributed by atoms with Gasteiger partial charge in [0, 0.05) is 46.0 Å². The molecule has 8 rings (SSSR count). The molecule has 0 aliphatic rings. The quantitative estimate of drug-likeness (QED) is 0.162. The minimum atomic E-state index is -1.48. The van der Waals surface area contributed by atoms with E-state index in [0.29, 0.717) is 11.3 Å². The molecule has 0 amide bonds. The van der Waals surface area contributed by atoms with Gasteiger partial charge in [0.2, 0.25) is 0 Å². The van der Waals surface area contributed by atoms with Crippen molar-refractivity contribution in [2.75, 3.05) is 0 Å². The number of aromatic nitrogens is 2. The molecule has 0 spiro atoms. The van der Waals surface area contributed by atoms with Crippen LogP contribution in [-0.4, -0.2) is 9.97 Å². The number of benzene rings is 5. The molecule has 251 valence electrons. The molecule has 0 N–H and O–H groups in total. The Kier molecular flexibility index (Phi) is 9.39. The van der Waals surface area contributed by atoms with E-state index in [1.54, 1.807) is 12.3 Å². The molecule has 5 aromatic carbocycles. The summed E-state index contributed by atoms with van der Waals surface area (Å²) >= 11 is 0. The monoisotopic (exact) mass is 831 g/mol.